The van der Waals surface area contributed by atoms with E-state index in [1.165, 1.54) is 18.5 Å². The lowest BCUT2D eigenvalue weighted by molar-refractivity contribution is -0.122. The highest BCUT2D eigenvalue weighted by molar-refractivity contribution is 7.92. The first-order chi connectivity index (χ1) is 16.2. The first-order valence-corrected chi connectivity index (χ1v) is 12.1. The lowest BCUT2D eigenvalue weighted by Gasteiger charge is -2.35. The van der Waals surface area contributed by atoms with Gasteiger partial charge in [0.15, 0.2) is 17.6 Å². The molecule has 0 unspecified atom stereocenters. The van der Waals surface area contributed by atoms with Crippen molar-refractivity contribution < 1.29 is 27.4 Å². The number of nitrogens with zero attached hydrogens (tertiary/aromatic N) is 1. The van der Waals surface area contributed by atoms with Crippen molar-refractivity contribution in [3.05, 3.63) is 71.8 Å². The molecule has 0 aliphatic carbocycles. The Labute approximate surface area is 199 Å². The van der Waals surface area contributed by atoms with Gasteiger partial charge in [-0.2, -0.15) is 0 Å². The van der Waals surface area contributed by atoms with Gasteiger partial charge in [0.1, 0.15) is 5.75 Å². The molecule has 0 fully saturated rings. The van der Waals surface area contributed by atoms with E-state index in [4.69, 9.17) is 14.2 Å². The van der Waals surface area contributed by atoms with Crippen LogP contribution in [0, 0.1) is 13.8 Å². The molecule has 1 aliphatic rings. The van der Waals surface area contributed by atoms with Crippen molar-refractivity contribution in [3.8, 4) is 17.2 Å². The Kier molecular flexibility index (Phi) is 6.39. The molecule has 1 N–H and O–H groups in total. The van der Waals surface area contributed by atoms with Gasteiger partial charge in [0.2, 0.25) is 0 Å². The molecule has 9 heteroatoms. The number of fused-ring (bicyclic) bond motifs is 1. The van der Waals surface area contributed by atoms with E-state index >= 15 is 0 Å². The lowest BCUT2D eigenvalue weighted by atomic mass is 10.1. The van der Waals surface area contributed by atoms with Crippen LogP contribution < -0.4 is 23.8 Å². The average Bonchev–Trinajstić information content (AvgIpc) is 2.83. The summed E-state index contributed by atoms with van der Waals surface area (Å²) in [5, 5.41) is 2.78. The molecule has 0 spiro atoms. The molecule has 0 bridgehead atoms. The highest BCUT2D eigenvalue weighted by Gasteiger charge is 2.37. The predicted octanol–water partition coefficient (Wildman–Crippen LogP) is 3.92. The molecule has 0 saturated heterocycles. The number of methoxy groups -OCH3 is 2. The summed E-state index contributed by atoms with van der Waals surface area (Å²) >= 11 is 0. The van der Waals surface area contributed by atoms with E-state index in [1.807, 2.05) is 19.9 Å². The number of anilines is 2. The summed E-state index contributed by atoms with van der Waals surface area (Å²) in [7, 11) is -0.904. The Bertz CT molecular complexity index is 1320. The summed E-state index contributed by atoms with van der Waals surface area (Å²) in [5.74, 6) is 0.821. The molecule has 1 heterocycles. The number of sulfonamides is 1. The second-order valence-electron chi connectivity index (χ2n) is 7.99. The highest BCUT2D eigenvalue weighted by atomic mass is 32.2. The minimum absolute atomic E-state index is 0.144. The first-order valence-electron chi connectivity index (χ1n) is 10.6. The molecule has 4 rings (SSSR count). The summed E-state index contributed by atoms with van der Waals surface area (Å²) in [6.07, 6.45) is -1.07. The third-order valence-electron chi connectivity index (χ3n) is 5.54. The monoisotopic (exact) mass is 482 g/mol. The second kappa shape index (κ2) is 9.26. The van der Waals surface area contributed by atoms with Crippen LogP contribution in [-0.2, 0) is 14.8 Å². The van der Waals surface area contributed by atoms with Crippen LogP contribution in [0.15, 0.2) is 65.6 Å². The largest absolute Gasteiger partial charge is 0.493 e. The molecule has 0 saturated carbocycles. The molecule has 8 nitrogen and oxygen atoms in total. The number of hydrogen-bond acceptors (Lipinski definition) is 6. The topological polar surface area (TPSA) is 94.2 Å². The van der Waals surface area contributed by atoms with Gasteiger partial charge in [-0.25, -0.2) is 8.42 Å². The van der Waals surface area contributed by atoms with Crippen LogP contribution in [0.2, 0.25) is 0 Å². The quantitative estimate of drug-likeness (QED) is 0.573. The molecule has 178 valence electrons. The fourth-order valence-electron chi connectivity index (χ4n) is 3.70. The van der Waals surface area contributed by atoms with Crippen LogP contribution in [0.5, 0.6) is 17.2 Å². The van der Waals surface area contributed by atoms with Crippen molar-refractivity contribution in [1.82, 2.24) is 0 Å². The van der Waals surface area contributed by atoms with Gasteiger partial charge in [-0.15, -0.1) is 0 Å². The SMILES string of the molecule is COc1ccc(NC(=O)[C@H]2CN(S(=O)(=O)c3ccc(C)cc3)c3ccc(C)cc3O2)cc1OC. The van der Waals surface area contributed by atoms with E-state index in [9.17, 15) is 13.2 Å². The summed E-state index contributed by atoms with van der Waals surface area (Å²) in [4.78, 5) is 13.3. The maximum absolute atomic E-state index is 13.5. The zero-order valence-corrected chi connectivity index (χ0v) is 20.2. The molecule has 1 atom stereocenters. The molecule has 0 radical (unpaired) electrons. The Morgan fingerprint density at radius 2 is 1.62 bits per heavy atom. The third kappa shape index (κ3) is 4.51. The molecule has 3 aromatic carbocycles. The van der Waals surface area contributed by atoms with Gasteiger partial charge in [0, 0.05) is 11.8 Å². The Balaban J connectivity index is 1.66. The Morgan fingerprint density at radius 3 is 2.29 bits per heavy atom. The number of aryl methyl sites for hydroxylation is 2. The van der Waals surface area contributed by atoms with Gasteiger partial charge in [-0.05, 0) is 55.8 Å². The van der Waals surface area contributed by atoms with Crippen molar-refractivity contribution in [1.29, 1.82) is 0 Å². The maximum atomic E-state index is 13.5. The van der Waals surface area contributed by atoms with Crippen molar-refractivity contribution in [2.75, 3.05) is 30.4 Å². The van der Waals surface area contributed by atoms with E-state index in [2.05, 4.69) is 5.32 Å². The number of benzene rings is 3. The normalized spacial score (nSPS) is 15.2. The fourth-order valence-corrected chi connectivity index (χ4v) is 5.18. The van der Waals surface area contributed by atoms with Gasteiger partial charge in [0.25, 0.3) is 15.9 Å². The van der Waals surface area contributed by atoms with Crippen molar-refractivity contribution in [2.45, 2.75) is 24.8 Å². The standard InChI is InChI=1S/C25H26N2O6S/c1-16-5-9-19(10-6-16)34(29,30)27-15-24(33-22-13-17(2)7-11-20(22)27)25(28)26-18-8-12-21(31-3)23(14-18)32-4/h5-14,24H,15H2,1-4H3,(H,26,28)/t24-/m1/s1. The molecule has 34 heavy (non-hydrogen) atoms. The van der Waals surface area contributed by atoms with E-state index in [0.717, 1.165) is 11.1 Å². The average molecular weight is 483 g/mol. The second-order valence-corrected chi connectivity index (χ2v) is 9.85. The van der Waals surface area contributed by atoms with E-state index in [0.29, 0.717) is 28.6 Å². The smallest absolute Gasteiger partial charge is 0.267 e. The lowest BCUT2D eigenvalue weighted by Crippen LogP contribution is -2.48. The highest BCUT2D eigenvalue weighted by Crippen LogP contribution is 2.38. The summed E-state index contributed by atoms with van der Waals surface area (Å²) < 4.78 is 44.8. The van der Waals surface area contributed by atoms with Crippen LogP contribution in [0.4, 0.5) is 11.4 Å². The van der Waals surface area contributed by atoms with Gasteiger partial charge >= 0.3 is 0 Å². The van der Waals surface area contributed by atoms with Crippen LogP contribution in [0.1, 0.15) is 11.1 Å². The van der Waals surface area contributed by atoms with E-state index in [1.54, 1.807) is 54.6 Å². The Morgan fingerprint density at radius 1 is 0.941 bits per heavy atom. The van der Waals surface area contributed by atoms with Gasteiger partial charge < -0.3 is 19.5 Å². The summed E-state index contributed by atoms with van der Waals surface area (Å²) in [6.45, 7) is 3.58. The van der Waals surface area contributed by atoms with E-state index < -0.39 is 22.0 Å². The predicted molar refractivity (Wildman–Crippen MR) is 129 cm³/mol. The first kappa shape index (κ1) is 23.4. The minimum Gasteiger partial charge on any atom is -0.493 e. The maximum Gasteiger partial charge on any atom is 0.267 e. The molecule has 0 aromatic heterocycles. The van der Waals surface area contributed by atoms with Crippen LogP contribution in [-0.4, -0.2) is 41.2 Å². The van der Waals surface area contributed by atoms with Crippen LogP contribution >= 0.6 is 0 Å². The van der Waals surface area contributed by atoms with Crippen molar-refractivity contribution >= 4 is 27.3 Å². The fraction of sp³-hybridized carbons (Fsp3) is 0.240. The molecule has 3 aromatic rings. The van der Waals surface area contributed by atoms with E-state index in [-0.39, 0.29) is 11.4 Å². The van der Waals surface area contributed by atoms with Crippen LogP contribution in [0.3, 0.4) is 0 Å². The molecule has 1 aliphatic heterocycles. The Hall–Kier alpha value is -3.72. The van der Waals surface area contributed by atoms with Gasteiger partial charge in [0.05, 0.1) is 31.3 Å². The minimum atomic E-state index is -3.93. The van der Waals surface area contributed by atoms with Gasteiger partial charge in [-0.1, -0.05) is 23.8 Å². The van der Waals surface area contributed by atoms with Crippen molar-refractivity contribution in [2.24, 2.45) is 0 Å². The number of carbonyl (C=O) groups excluding carboxylic acids is 1. The van der Waals surface area contributed by atoms with Gasteiger partial charge in [-0.3, -0.25) is 9.10 Å². The summed E-state index contributed by atoms with van der Waals surface area (Å²) in [6, 6.07) is 16.8. The molecular weight excluding hydrogens is 456 g/mol. The van der Waals surface area contributed by atoms with Crippen molar-refractivity contribution in [3.63, 3.8) is 0 Å². The van der Waals surface area contributed by atoms with Crippen LogP contribution in [0.25, 0.3) is 0 Å². The zero-order valence-electron chi connectivity index (χ0n) is 19.4. The number of rotatable bonds is 6. The number of nitrogens with one attached hydrogen (secondary N) is 1. The zero-order chi connectivity index (χ0) is 24.5. The molecule has 1 amide bonds. The number of ether oxygens (including phenoxy) is 3. The summed E-state index contributed by atoms with van der Waals surface area (Å²) in [5.41, 5.74) is 2.69. The number of carbonyl (C=O) groups is 1. The third-order valence-corrected chi connectivity index (χ3v) is 7.33. The molecular formula is C25H26N2O6S. The number of amides is 1. The number of hydrogen-bond donors (Lipinski definition) is 1.